The highest BCUT2D eigenvalue weighted by atomic mass is 35.5. The molecule has 1 heterocycles. The number of alkyl halides is 3. The van der Waals surface area contributed by atoms with Gasteiger partial charge in [-0.25, -0.2) is 4.98 Å². The molecular formula is C8H11ClF3N3OS. The highest BCUT2D eigenvalue weighted by molar-refractivity contribution is 7.09. The highest BCUT2D eigenvalue weighted by Crippen LogP contribution is 2.29. The van der Waals surface area contributed by atoms with E-state index in [1.165, 1.54) is 0 Å². The molecule has 0 spiro atoms. The Morgan fingerprint density at radius 2 is 2.18 bits per heavy atom. The summed E-state index contributed by atoms with van der Waals surface area (Å²) in [6.07, 6.45) is -4.28. The first kappa shape index (κ1) is 16.1. The first-order valence-corrected chi connectivity index (χ1v) is 5.30. The van der Waals surface area contributed by atoms with Gasteiger partial charge in [-0.3, -0.25) is 4.79 Å². The van der Waals surface area contributed by atoms with Crippen LogP contribution in [0.2, 0.25) is 0 Å². The lowest BCUT2D eigenvalue weighted by Crippen LogP contribution is -2.25. The van der Waals surface area contributed by atoms with Gasteiger partial charge in [-0.1, -0.05) is 0 Å². The summed E-state index contributed by atoms with van der Waals surface area (Å²) >= 11 is 0.859. The molecule has 0 radical (unpaired) electrons. The normalized spacial score (nSPS) is 10.8. The number of aromatic nitrogens is 1. The second-order valence-corrected chi connectivity index (χ2v) is 3.88. The van der Waals surface area contributed by atoms with E-state index in [1.54, 1.807) is 0 Å². The van der Waals surface area contributed by atoms with Crippen molar-refractivity contribution in [2.75, 3.05) is 6.54 Å². The number of amides is 1. The Morgan fingerprint density at radius 3 is 2.65 bits per heavy atom. The molecule has 0 aromatic carbocycles. The minimum atomic E-state index is -4.43. The van der Waals surface area contributed by atoms with Gasteiger partial charge >= 0.3 is 6.18 Å². The van der Waals surface area contributed by atoms with Crippen molar-refractivity contribution in [1.29, 1.82) is 0 Å². The average Bonchev–Trinajstić information content (AvgIpc) is 2.63. The van der Waals surface area contributed by atoms with Crippen molar-refractivity contribution < 1.29 is 18.0 Å². The molecule has 0 saturated heterocycles. The van der Waals surface area contributed by atoms with E-state index in [9.17, 15) is 18.0 Å². The van der Waals surface area contributed by atoms with Gasteiger partial charge in [0.15, 0.2) is 5.69 Å². The zero-order valence-corrected chi connectivity index (χ0v) is 10.2. The van der Waals surface area contributed by atoms with Gasteiger partial charge in [0, 0.05) is 18.3 Å². The minimum absolute atomic E-state index is 0. The fraction of sp³-hybridized carbons (Fsp3) is 0.500. The molecule has 0 saturated carbocycles. The van der Waals surface area contributed by atoms with E-state index in [4.69, 9.17) is 5.73 Å². The molecule has 0 unspecified atom stereocenters. The van der Waals surface area contributed by atoms with Crippen molar-refractivity contribution in [3.63, 3.8) is 0 Å². The van der Waals surface area contributed by atoms with E-state index in [1.807, 2.05) is 0 Å². The fourth-order valence-corrected chi connectivity index (χ4v) is 1.66. The minimum Gasteiger partial charge on any atom is -0.350 e. The molecule has 3 N–H and O–H groups in total. The van der Waals surface area contributed by atoms with Crippen molar-refractivity contribution in [2.45, 2.75) is 19.1 Å². The molecule has 98 valence electrons. The first-order chi connectivity index (χ1) is 7.43. The SMILES string of the molecule is Cl.NCCC(=O)NCc1nc(C(F)(F)F)cs1. The number of hydrogen-bond donors (Lipinski definition) is 2. The van der Waals surface area contributed by atoms with Crippen LogP contribution < -0.4 is 11.1 Å². The van der Waals surface area contributed by atoms with Gasteiger partial charge in [-0.2, -0.15) is 13.2 Å². The summed E-state index contributed by atoms with van der Waals surface area (Å²) in [5, 5.41) is 3.57. The van der Waals surface area contributed by atoms with Gasteiger partial charge in [0.25, 0.3) is 0 Å². The van der Waals surface area contributed by atoms with Crippen molar-refractivity contribution in [1.82, 2.24) is 10.3 Å². The van der Waals surface area contributed by atoms with Crippen LogP contribution in [0.1, 0.15) is 17.1 Å². The van der Waals surface area contributed by atoms with E-state index < -0.39 is 11.9 Å². The number of carbonyl (C=O) groups is 1. The van der Waals surface area contributed by atoms with Crippen LogP contribution in [0.5, 0.6) is 0 Å². The van der Waals surface area contributed by atoms with Crippen molar-refractivity contribution >= 4 is 29.7 Å². The van der Waals surface area contributed by atoms with Crippen LogP contribution in [0.4, 0.5) is 13.2 Å². The van der Waals surface area contributed by atoms with E-state index in [0.29, 0.717) is 0 Å². The number of halogens is 4. The van der Waals surface area contributed by atoms with Gasteiger partial charge in [0.1, 0.15) is 5.01 Å². The first-order valence-electron chi connectivity index (χ1n) is 4.42. The third-order valence-electron chi connectivity index (χ3n) is 1.65. The van der Waals surface area contributed by atoms with Gasteiger partial charge in [0.05, 0.1) is 6.54 Å². The van der Waals surface area contributed by atoms with E-state index in [2.05, 4.69) is 10.3 Å². The number of carbonyl (C=O) groups excluding carboxylic acids is 1. The third-order valence-corrected chi connectivity index (χ3v) is 2.50. The molecule has 1 rings (SSSR count). The number of rotatable bonds is 4. The van der Waals surface area contributed by atoms with Crippen LogP contribution in [-0.4, -0.2) is 17.4 Å². The van der Waals surface area contributed by atoms with Crippen LogP contribution in [0.3, 0.4) is 0 Å². The Hall–Kier alpha value is -0.860. The molecule has 17 heavy (non-hydrogen) atoms. The summed E-state index contributed by atoms with van der Waals surface area (Å²) < 4.78 is 36.5. The van der Waals surface area contributed by atoms with E-state index in [-0.39, 0.29) is 42.8 Å². The van der Waals surface area contributed by atoms with Gasteiger partial charge in [-0.05, 0) is 0 Å². The summed E-state index contributed by atoms with van der Waals surface area (Å²) in [5.74, 6) is -0.300. The zero-order valence-electron chi connectivity index (χ0n) is 8.58. The molecule has 0 aliphatic rings. The van der Waals surface area contributed by atoms with E-state index >= 15 is 0 Å². The number of nitrogens with two attached hydrogens (primary N) is 1. The molecule has 9 heteroatoms. The third kappa shape index (κ3) is 5.33. The van der Waals surface area contributed by atoms with Crippen LogP contribution in [0, 0.1) is 0 Å². The molecular weight excluding hydrogens is 279 g/mol. The maximum absolute atomic E-state index is 12.2. The standard InChI is InChI=1S/C8H10F3N3OS.ClH/c9-8(10,11)5-4-16-7(14-5)3-13-6(15)1-2-12;/h4H,1-3,12H2,(H,13,15);1H. The molecule has 1 amide bonds. The summed E-state index contributed by atoms with van der Waals surface area (Å²) in [6.45, 7) is 0.205. The maximum Gasteiger partial charge on any atom is 0.434 e. The Kier molecular flexibility index (Phi) is 6.43. The number of nitrogens with zero attached hydrogens (tertiary/aromatic N) is 1. The average molecular weight is 290 g/mol. The Morgan fingerprint density at radius 1 is 1.53 bits per heavy atom. The van der Waals surface area contributed by atoms with Gasteiger partial charge in [-0.15, -0.1) is 23.7 Å². The molecule has 0 fully saturated rings. The monoisotopic (exact) mass is 289 g/mol. The van der Waals surface area contributed by atoms with Gasteiger partial charge < -0.3 is 11.1 Å². The lowest BCUT2D eigenvalue weighted by atomic mass is 10.4. The predicted molar refractivity (Wildman–Crippen MR) is 59.9 cm³/mol. The predicted octanol–water partition coefficient (Wildman–Crippen LogP) is 1.55. The lowest BCUT2D eigenvalue weighted by Gasteiger charge is -2.01. The fourth-order valence-electron chi connectivity index (χ4n) is 0.916. The van der Waals surface area contributed by atoms with E-state index in [0.717, 1.165) is 16.7 Å². The summed E-state index contributed by atoms with van der Waals surface area (Å²) in [6, 6.07) is 0. The summed E-state index contributed by atoms with van der Waals surface area (Å²) in [7, 11) is 0. The van der Waals surface area contributed by atoms with Crippen molar-refractivity contribution in [3.05, 3.63) is 16.1 Å². The molecule has 0 bridgehead atoms. The molecule has 1 aromatic heterocycles. The largest absolute Gasteiger partial charge is 0.434 e. The van der Waals surface area contributed by atoms with Gasteiger partial charge in [0.2, 0.25) is 5.91 Å². The second kappa shape index (κ2) is 6.77. The summed E-state index contributed by atoms with van der Waals surface area (Å²) in [4.78, 5) is 14.3. The van der Waals surface area contributed by atoms with Crippen LogP contribution in [0.15, 0.2) is 5.38 Å². The van der Waals surface area contributed by atoms with Crippen molar-refractivity contribution in [3.8, 4) is 0 Å². The molecule has 4 nitrogen and oxygen atoms in total. The maximum atomic E-state index is 12.2. The molecule has 0 aliphatic heterocycles. The smallest absolute Gasteiger partial charge is 0.350 e. The van der Waals surface area contributed by atoms with Crippen LogP contribution >= 0.6 is 23.7 Å². The topological polar surface area (TPSA) is 68.0 Å². The highest BCUT2D eigenvalue weighted by Gasteiger charge is 2.33. The number of nitrogens with one attached hydrogen (secondary N) is 1. The Bertz CT molecular complexity index is 369. The molecule has 0 atom stereocenters. The zero-order chi connectivity index (χ0) is 12.2. The number of hydrogen-bond acceptors (Lipinski definition) is 4. The van der Waals surface area contributed by atoms with Crippen molar-refractivity contribution in [2.24, 2.45) is 5.73 Å². The summed E-state index contributed by atoms with van der Waals surface area (Å²) in [5.41, 5.74) is 4.21. The number of thiazole rings is 1. The Labute approximate surface area is 106 Å². The molecule has 0 aliphatic carbocycles. The second-order valence-electron chi connectivity index (χ2n) is 2.94. The molecule has 1 aromatic rings. The quantitative estimate of drug-likeness (QED) is 0.884. The lowest BCUT2D eigenvalue weighted by molar-refractivity contribution is -0.140. The van der Waals surface area contributed by atoms with Crippen LogP contribution in [0.25, 0.3) is 0 Å². The Balaban J connectivity index is 0.00000256. The van der Waals surface area contributed by atoms with Crippen LogP contribution in [-0.2, 0) is 17.5 Å².